The highest BCUT2D eigenvalue weighted by atomic mass is 19.1. The van der Waals surface area contributed by atoms with Gasteiger partial charge in [0.15, 0.2) is 5.76 Å². The molecule has 206 valence electrons. The molecule has 1 N–H and O–H groups in total. The summed E-state index contributed by atoms with van der Waals surface area (Å²) in [6.07, 6.45) is 1.14. The molecule has 2 amide bonds. The number of nitrogens with one attached hydrogen (secondary N) is 1. The molecule has 6 nitrogen and oxygen atoms in total. The monoisotopic (exact) mass is 540 g/mol. The molecule has 1 atom stereocenters. The van der Waals surface area contributed by atoms with E-state index in [-0.39, 0.29) is 35.9 Å². The molecule has 0 aliphatic carbocycles. The van der Waals surface area contributed by atoms with Gasteiger partial charge in [-0.2, -0.15) is 0 Å². The maximum Gasteiger partial charge on any atom is 0.287 e. The van der Waals surface area contributed by atoms with Crippen LogP contribution in [0.1, 0.15) is 64.9 Å². The van der Waals surface area contributed by atoms with Crippen LogP contribution in [0.3, 0.4) is 0 Å². The molecule has 0 fully saturated rings. The van der Waals surface area contributed by atoms with Gasteiger partial charge in [0.25, 0.3) is 5.91 Å². The van der Waals surface area contributed by atoms with Crippen molar-refractivity contribution in [2.24, 2.45) is 5.92 Å². The summed E-state index contributed by atoms with van der Waals surface area (Å²) in [6.45, 7) is 5.15. The lowest BCUT2D eigenvalue weighted by atomic mass is 9.87. The van der Waals surface area contributed by atoms with Crippen LogP contribution in [0.2, 0.25) is 0 Å². The van der Waals surface area contributed by atoms with E-state index in [4.69, 9.17) is 9.15 Å². The number of ether oxygens (including phenoxy) is 1. The summed E-state index contributed by atoms with van der Waals surface area (Å²) < 4.78 is 26.0. The Kier molecular flexibility index (Phi) is 8.29. The SMILES string of the molecule is CC(C)CC(=O)N1CCc2ccc(OCc3ccc(C(=O)NCc4ccccc4)o3)cc2[C@@H]1c1cccc(F)c1. The molecule has 0 radical (unpaired) electrons. The van der Waals surface area contributed by atoms with Gasteiger partial charge in [-0.05, 0) is 71.0 Å². The molecule has 40 heavy (non-hydrogen) atoms. The summed E-state index contributed by atoms with van der Waals surface area (Å²) in [5, 5.41) is 2.85. The minimum Gasteiger partial charge on any atom is -0.486 e. The second kappa shape index (κ2) is 12.2. The van der Waals surface area contributed by atoms with Crippen molar-refractivity contribution in [3.05, 3.63) is 125 Å². The smallest absolute Gasteiger partial charge is 0.287 e. The number of carbonyl (C=O) groups is 2. The predicted molar refractivity (Wildman–Crippen MR) is 150 cm³/mol. The molecule has 0 saturated heterocycles. The zero-order valence-electron chi connectivity index (χ0n) is 22.7. The molecule has 7 heteroatoms. The predicted octanol–water partition coefficient (Wildman–Crippen LogP) is 6.45. The lowest BCUT2D eigenvalue weighted by Gasteiger charge is -2.38. The first-order chi connectivity index (χ1) is 19.4. The van der Waals surface area contributed by atoms with Gasteiger partial charge >= 0.3 is 0 Å². The van der Waals surface area contributed by atoms with Crippen molar-refractivity contribution in [3.8, 4) is 5.75 Å². The van der Waals surface area contributed by atoms with Gasteiger partial charge in [-0.15, -0.1) is 0 Å². The average molecular weight is 541 g/mol. The van der Waals surface area contributed by atoms with Crippen LogP contribution in [0, 0.1) is 11.7 Å². The van der Waals surface area contributed by atoms with E-state index >= 15 is 0 Å². The highest BCUT2D eigenvalue weighted by Gasteiger charge is 2.32. The van der Waals surface area contributed by atoms with Gasteiger partial charge in [0.1, 0.15) is 23.9 Å². The molecule has 5 rings (SSSR count). The standard InChI is InChI=1S/C33H33FN2O4/c1-22(2)17-31(37)36-16-15-24-11-12-27(19-29(24)32(36)25-9-6-10-26(34)18-25)39-21-28-13-14-30(40-28)33(38)35-20-23-7-4-3-5-8-23/h3-14,18-19,22,32H,15-17,20-21H2,1-2H3,(H,35,38)/t32-/m0/s1. The van der Waals surface area contributed by atoms with Crippen LogP contribution < -0.4 is 10.1 Å². The molecular weight excluding hydrogens is 507 g/mol. The Bertz CT molecular complexity index is 1480. The van der Waals surface area contributed by atoms with Crippen LogP contribution in [0.15, 0.2) is 89.3 Å². The maximum absolute atomic E-state index is 14.3. The molecule has 0 unspecified atom stereocenters. The number of halogens is 1. The molecule has 4 aromatic rings. The number of amides is 2. The highest BCUT2D eigenvalue weighted by molar-refractivity contribution is 5.91. The molecular formula is C33H33FN2O4. The molecule has 1 aliphatic heterocycles. The summed E-state index contributed by atoms with van der Waals surface area (Å²) in [7, 11) is 0. The summed E-state index contributed by atoms with van der Waals surface area (Å²) in [5.74, 6) is 0.959. The molecule has 1 aromatic heterocycles. The fourth-order valence-corrected chi connectivity index (χ4v) is 5.05. The zero-order valence-corrected chi connectivity index (χ0v) is 22.7. The molecule has 3 aromatic carbocycles. The highest BCUT2D eigenvalue weighted by Crippen LogP contribution is 2.38. The van der Waals surface area contributed by atoms with Crippen LogP contribution in [0.4, 0.5) is 4.39 Å². The van der Waals surface area contributed by atoms with Crippen LogP contribution in [-0.2, 0) is 24.4 Å². The molecule has 0 spiro atoms. The topological polar surface area (TPSA) is 71.8 Å². The number of hydrogen-bond donors (Lipinski definition) is 1. The van der Waals surface area contributed by atoms with E-state index < -0.39 is 6.04 Å². The van der Waals surface area contributed by atoms with Gasteiger partial charge in [-0.25, -0.2) is 4.39 Å². The van der Waals surface area contributed by atoms with E-state index in [0.29, 0.717) is 37.4 Å². The van der Waals surface area contributed by atoms with Crippen molar-refractivity contribution in [2.75, 3.05) is 6.54 Å². The van der Waals surface area contributed by atoms with Gasteiger partial charge in [0.2, 0.25) is 5.91 Å². The number of furan rings is 1. The molecule has 0 bridgehead atoms. The van der Waals surface area contributed by atoms with Crippen LogP contribution >= 0.6 is 0 Å². The normalized spacial score (nSPS) is 14.6. The van der Waals surface area contributed by atoms with Crippen molar-refractivity contribution in [2.45, 2.75) is 45.9 Å². The van der Waals surface area contributed by atoms with E-state index in [0.717, 1.165) is 22.3 Å². The number of nitrogens with zero attached hydrogens (tertiary/aromatic N) is 1. The Morgan fingerprint density at radius 3 is 2.62 bits per heavy atom. The summed E-state index contributed by atoms with van der Waals surface area (Å²) in [5.41, 5.74) is 3.75. The largest absolute Gasteiger partial charge is 0.486 e. The quantitative estimate of drug-likeness (QED) is 0.265. The number of carbonyl (C=O) groups excluding carboxylic acids is 2. The fraction of sp³-hybridized carbons (Fsp3) is 0.273. The van der Waals surface area contributed by atoms with Crippen molar-refractivity contribution < 1.29 is 23.1 Å². The van der Waals surface area contributed by atoms with E-state index in [9.17, 15) is 14.0 Å². The third-order valence-electron chi connectivity index (χ3n) is 6.98. The Morgan fingerprint density at radius 1 is 1.02 bits per heavy atom. The summed E-state index contributed by atoms with van der Waals surface area (Å²) in [4.78, 5) is 27.6. The number of hydrogen-bond acceptors (Lipinski definition) is 4. The minimum absolute atomic E-state index is 0.0508. The first kappa shape index (κ1) is 27.2. The van der Waals surface area contributed by atoms with Crippen molar-refractivity contribution >= 4 is 11.8 Å². The van der Waals surface area contributed by atoms with Crippen molar-refractivity contribution in [3.63, 3.8) is 0 Å². The van der Waals surface area contributed by atoms with Gasteiger partial charge < -0.3 is 19.4 Å². The first-order valence-electron chi connectivity index (χ1n) is 13.6. The maximum atomic E-state index is 14.3. The van der Waals surface area contributed by atoms with E-state index in [1.807, 2.05) is 73.3 Å². The second-order valence-corrected chi connectivity index (χ2v) is 10.5. The number of benzene rings is 3. The van der Waals surface area contributed by atoms with Crippen molar-refractivity contribution in [1.29, 1.82) is 0 Å². The van der Waals surface area contributed by atoms with Crippen LogP contribution in [0.25, 0.3) is 0 Å². The number of fused-ring (bicyclic) bond motifs is 1. The van der Waals surface area contributed by atoms with E-state index in [2.05, 4.69) is 5.32 Å². The fourth-order valence-electron chi connectivity index (χ4n) is 5.05. The van der Waals surface area contributed by atoms with E-state index in [1.54, 1.807) is 18.2 Å². The second-order valence-electron chi connectivity index (χ2n) is 10.5. The Morgan fingerprint density at radius 2 is 1.85 bits per heavy atom. The third-order valence-corrected chi connectivity index (χ3v) is 6.98. The molecule has 2 heterocycles. The van der Waals surface area contributed by atoms with Crippen LogP contribution in [-0.4, -0.2) is 23.3 Å². The van der Waals surface area contributed by atoms with Gasteiger partial charge in [0.05, 0.1) is 6.04 Å². The molecule has 1 aliphatic rings. The summed E-state index contributed by atoms with van der Waals surface area (Å²) in [6, 6.07) is 24.9. The first-order valence-corrected chi connectivity index (χ1v) is 13.6. The summed E-state index contributed by atoms with van der Waals surface area (Å²) >= 11 is 0. The van der Waals surface area contributed by atoms with Gasteiger partial charge in [-0.3, -0.25) is 9.59 Å². The van der Waals surface area contributed by atoms with Gasteiger partial charge in [-0.1, -0.05) is 62.4 Å². The Balaban J connectivity index is 1.31. The Hall–Kier alpha value is -4.39. The van der Waals surface area contributed by atoms with Gasteiger partial charge in [0, 0.05) is 19.5 Å². The van der Waals surface area contributed by atoms with Crippen LogP contribution in [0.5, 0.6) is 5.75 Å². The number of rotatable bonds is 9. The van der Waals surface area contributed by atoms with Crippen molar-refractivity contribution in [1.82, 2.24) is 10.2 Å². The average Bonchev–Trinajstić information content (AvgIpc) is 3.43. The zero-order chi connectivity index (χ0) is 28.1. The lowest BCUT2D eigenvalue weighted by Crippen LogP contribution is -2.41. The van der Waals surface area contributed by atoms with E-state index in [1.165, 1.54) is 12.1 Å². The minimum atomic E-state index is -0.405. The lowest BCUT2D eigenvalue weighted by molar-refractivity contribution is -0.134. The third kappa shape index (κ3) is 6.42. The molecule has 0 saturated carbocycles. The Labute approximate surface area is 233 Å².